The van der Waals surface area contributed by atoms with Gasteiger partial charge >= 0.3 is 29.0 Å². The van der Waals surface area contributed by atoms with Crippen molar-refractivity contribution in [3.05, 3.63) is 57.6 Å². The van der Waals surface area contributed by atoms with Gasteiger partial charge in [0.15, 0.2) is 0 Å². The Morgan fingerprint density at radius 1 is 0.771 bits per heavy atom. The Labute approximate surface area is 214 Å². The van der Waals surface area contributed by atoms with Crippen LogP contribution in [-0.4, -0.2) is 73.5 Å². The molecule has 0 aromatic heterocycles. The molecule has 0 spiro atoms. The van der Waals surface area contributed by atoms with Crippen molar-refractivity contribution < 1.29 is 57.3 Å². The second-order valence-electron chi connectivity index (χ2n) is 8.37. The van der Waals surface area contributed by atoms with E-state index in [1.165, 1.54) is 4.90 Å². The summed E-state index contributed by atoms with van der Waals surface area (Å²) >= 11 is 0. The number of rotatable bonds is 13. The number of nitrogens with zero attached hydrogens (tertiary/aromatic N) is 2. The summed E-state index contributed by atoms with van der Waals surface area (Å²) in [6, 6.07) is 6.56. The Kier molecular flexibility index (Phi) is 12.2. The zero-order valence-electron chi connectivity index (χ0n) is 19.7. The van der Waals surface area contributed by atoms with E-state index < -0.39 is 18.5 Å². The van der Waals surface area contributed by atoms with Crippen molar-refractivity contribution in [2.24, 2.45) is 0 Å². The number of carboxylic acids is 2. The van der Waals surface area contributed by atoms with Crippen LogP contribution < -0.4 is 5.11 Å². The predicted octanol–water partition coefficient (Wildman–Crippen LogP) is 0.538. The average molecular weight is 531 g/mol. The van der Waals surface area contributed by atoms with Crippen molar-refractivity contribution in [2.75, 3.05) is 26.2 Å². The van der Waals surface area contributed by atoms with Gasteiger partial charge in [0.1, 0.15) is 5.75 Å². The Hall–Kier alpha value is -2.66. The van der Waals surface area contributed by atoms with Crippen LogP contribution in [0.25, 0.3) is 0 Å². The molecule has 2 aromatic rings. The molecule has 0 fully saturated rings. The number of aliphatic hydroxyl groups is 2. The van der Waals surface area contributed by atoms with Gasteiger partial charge in [0, 0.05) is 37.3 Å². The zero-order valence-corrected chi connectivity index (χ0v) is 20.8. The Morgan fingerprint density at radius 3 is 1.63 bits per heavy atom. The van der Waals surface area contributed by atoms with Crippen LogP contribution in [-0.2, 0) is 53.0 Å². The van der Waals surface area contributed by atoms with E-state index in [0.29, 0.717) is 16.7 Å². The number of aryl methyl sites for hydroxylation is 2. The molecule has 10 nitrogen and oxygen atoms in total. The first-order chi connectivity index (χ1) is 16.0. The van der Waals surface area contributed by atoms with E-state index in [-0.39, 0.29) is 80.0 Å². The summed E-state index contributed by atoms with van der Waals surface area (Å²) in [5.74, 6) is -2.66. The van der Waals surface area contributed by atoms with E-state index in [9.17, 15) is 40.2 Å². The van der Waals surface area contributed by atoms with Crippen LogP contribution in [0.1, 0.15) is 33.4 Å². The standard InChI is InChI=1S/C24H32N2O8.Fe/c1-15-5-17(23(33)19(7-15)13-27)9-25(11-21(29)30)3-4-26(12-22(31)32)10-18-6-16(2)8-20(14-28)24(18)34;/h5-8,27-28,33-34H,3-4,9-14H2,1-2H3,(H,29,30)(H,31,32);/q;+2/p-1. The first-order valence-corrected chi connectivity index (χ1v) is 10.7. The van der Waals surface area contributed by atoms with Crippen molar-refractivity contribution in [3.8, 4) is 11.5 Å². The molecule has 0 saturated heterocycles. The molecule has 0 heterocycles. The van der Waals surface area contributed by atoms with E-state index in [1.807, 2.05) is 0 Å². The third kappa shape index (κ3) is 9.14. The number of hydrogen-bond donors (Lipinski definition) is 5. The fraction of sp³-hybridized carbons (Fsp3) is 0.417. The molecule has 11 heteroatoms. The number of phenols is 1. The van der Waals surface area contributed by atoms with E-state index in [1.54, 1.807) is 43.0 Å². The minimum atomic E-state index is -1.10. The molecule has 0 amide bonds. The van der Waals surface area contributed by atoms with Gasteiger partial charge in [-0.3, -0.25) is 19.4 Å². The van der Waals surface area contributed by atoms with Gasteiger partial charge in [-0.15, -0.1) is 0 Å². The second kappa shape index (κ2) is 14.0. The molecular formula is C24H31FeN2O8+. The zero-order chi connectivity index (χ0) is 25.4. The number of aliphatic carboxylic acids is 2. The van der Waals surface area contributed by atoms with Crippen molar-refractivity contribution in [1.29, 1.82) is 0 Å². The normalized spacial score (nSPS) is 11.0. The minimum Gasteiger partial charge on any atom is -0.872 e. The summed E-state index contributed by atoms with van der Waals surface area (Å²) in [6.45, 7) is 2.43. The van der Waals surface area contributed by atoms with E-state index >= 15 is 0 Å². The van der Waals surface area contributed by atoms with Crippen molar-refractivity contribution >= 4 is 11.9 Å². The minimum absolute atomic E-state index is 0. The summed E-state index contributed by atoms with van der Waals surface area (Å²) < 4.78 is 0. The number of aromatic hydroxyl groups is 1. The first kappa shape index (κ1) is 30.4. The van der Waals surface area contributed by atoms with Gasteiger partial charge in [0.25, 0.3) is 0 Å². The van der Waals surface area contributed by atoms with Gasteiger partial charge in [0.2, 0.25) is 0 Å². The Bertz CT molecular complexity index is 950. The third-order valence-electron chi connectivity index (χ3n) is 5.38. The number of carbonyl (C=O) groups is 2. The van der Waals surface area contributed by atoms with Crippen molar-refractivity contribution in [2.45, 2.75) is 40.2 Å². The maximum Gasteiger partial charge on any atom is 2.00 e. The topological polar surface area (TPSA) is 165 Å². The Morgan fingerprint density at radius 2 is 1.17 bits per heavy atom. The van der Waals surface area contributed by atoms with Crippen LogP contribution in [0.2, 0.25) is 0 Å². The largest absolute Gasteiger partial charge is 2.00 e. The van der Waals surface area contributed by atoms with Gasteiger partial charge in [-0.1, -0.05) is 41.1 Å². The monoisotopic (exact) mass is 531 g/mol. The fourth-order valence-corrected chi connectivity index (χ4v) is 3.91. The van der Waals surface area contributed by atoms with Crippen LogP contribution in [0, 0.1) is 13.8 Å². The van der Waals surface area contributed by atoms with Crippen LogP contribution >= 0.6 is 0 Å². The van der Waals surface area contributed by atoms with Crippen LogP contribution in [0.5, 0.6) is 11.5 Å². The van der Waals surface area contributed by atoms with Gasteiger partial charge in [-0.2, -0.15) is 0 Å². The molecule has 0 atom stereocenters. The summed E-state index contributed by atoms with van der Waals surface area (Å²) in [6.07, 6.45) is 0. The molecule has 0 aliphatic carbocycles. The van der Waals surface area contributed by atoms with E-state index in [2.05, 4.69) is 0 Å². The molecule has 0 unspecified atom stereocenters. The quantitative estimate of drug-likeness (QED) is 0.231. The maximum atomic E-state index is 12.6. The van der Waals surface area contributed by atoms with Gasteiger partial charge in [-0.05, 0) is 25.0 Å². The number of hydrogen-bond acceptors (Lipinski definition) is 8. The number of benzene rings is 2. The second-order valence-corrected chi connectivity index (χ2v) is 8.37. The SMILES string of the molecule is Cc1cc(CO)c([O-])c(CN(CCN(CC(=O)O)Cc2cc(C)cc(CO)c2O)CC(=O)O)c1.[Fe+2]. The van der Waals surface area contributed by atoms with E-state index in [0.717, 1.165) is 11.1 Å². The molecule has 2 aromatic carbocycles. The third-order valence-corrected chi connectivity index (χ3v) is 5.38. The van der Waals surface area contributed by atoms with E-state index in [4.69, 9.17) is 0 Å². The average Bonchev–Trinajstić information content (AvgIpc) is 2.75. The summed E-state index contributed by atoms with van der Waals surface area (Å²) in [5.41, 5.74) is 2.91. The smallest absolute Gasteiger partial charge is 0.872 e. The Balaban J connectivity index is 0.00000612. The molecule has 2 rings (SSSR count). The van der Waals surface area contributed by atoms with Gasteiger partial charge in [0.05, 0.1) is 26.3 Å². The van der Waals surface area contributed by atoms with Crippen LogP contribution in [0.3, 0.4) is 0 Å². The summed E-state index contributed by atoms with van der Waals surface area (Å²) in [5, 5.41) is 60.5. The summed E-state index contributed by atoms with van der Waals surface area (Å²) in [4.78, 5) is 25.9. The number of carboxylic acid groups (broad SMARTS) is 2. The molecule has 0 aliphatic heterocycles. The molecule has 35 heavy (non-hydrogen) atoms. The molecule has 5 N–H and O–H groups in total. The molecule has 0 radical (unpaired) electrons. The first-order valence-electron chi connectivity index (χ1n) is 10.7. The van der Waals surface area contributed by atoms with Crippen molar-refractivity contribution in [1.82, 2.24) is 9.80 Å². The van der Waals surface area contributed by atoms with Crippen molar-refractivity contribution in [3.63, 3.8) is 0 Å². The van der Waals surface area contributed by atoms with Crippen LogP contribution in [0.4, 0.5) is 0 Å². The molecule has 0 saturated carbocycles. The molecule has 0 aliphatic rings. The van der Waals surface area contributed by atoms with Gasteiger partial charge < -0.3 is 30.6 Å². The maximum absolute atomic E-state index is 12.6. The van der Waals surface area contributed by atoms with Crippen LogP contribution in [0.15, 0.2) is 24.3 Å². The molecule has 0 bridgehead atoms. The summed E-state index contributed by atoms with van der Waals surface area (Å²) in [7, 11) is 0. The van der Waals surface area contributed by atoms with Gasteiger partial charge in [-0.25, -0.2) is 0 Å². The molecule has 192 valence electrons. The molecular weight excluding hydrogens is 500 g/mol. The number of aliphatic hydroxyl groups excluding tert-OH is 2. The predicted molar refractivity (Wildman–Crippen MR) is 121 cm³/mol. The fourth-order valence-electron chi connectivity index (χ4n) is 3.91.